The standard InChI is InChI=1S/C9H9BrN2OS/c1-4-5(2)13-6(3)7(4)8-11-9(10)12-14-8/h1-3H3. The van der Waals surface area contributed by atoms with E-state index in [1.165, 1.54) is 11.5 Å². The fourth-order valence-corrected chi connectivity index (χ4v) is 2.65. The van der Waals surface area contributed by atoms with Gasteiger partial charge in [0.15, 0.2) is 0 Å². The van der Waals surface area contributed by atoms with Crippen LogP contribution in [-0.4, -0.2) is 9.36 Å². The highest BCUT2D eigenvalue weighted by Gasteiger charge is 2.16. The predicted octanol–water partition coefficient (Wildman–Crippen LogP) is 3.49. The normalized spacial score (nSPS) is 10.9. The largest absolute Gasteiger partial charge is 0.466 e. The third kappa shape index (κ3) is 1.50. The Balaban J connectivity index is 2.61. The van der Waals surface area contributed by atoms with Crippen molar-refractivity contribution in [1.82, 2.24) is 9.36 Å². The Bertz CT molecular complexity index is 475. The molecule has 2 aromatic heterocycles. The van der Waals surface area contributed by atoms with E-state index in [0.717, 1.165) is 27.7 Å². The summed E-state index contributed by atoms with van der Waals surface area (Å²) in [6, 6.07) is 0. The van der Waals surface area contributed by atoms with Crippen LogP contribution >= 0.6 is 27.5 Å². The first-order valence-corrected chi connectivity index (χ1v) is 5.72. The van der Waals surface area contributed by atoms with Crippen LogP contribution < -0.4 is 0 Å². The van der Waals surface area contributed by atoms with E-state index in [2.05, 4.69) is 25.3 Å². The minimum absolute atomic E-state index is 0.634. The summed E-state index contributed by atoms with van der Waals surface area (Å²) in [4.78, 5) is 4.28. The number of hydrogen-bond donors (Lipinski definition) is 0. The molecule has 2 aromatic rings. The Morgan fingerprint density at radius 1 is 1.21 bits per heavy atom. The van der Waals surface area contributed by atoms with Crippen molar-refractivity contribution in [3.05, 3.63) is 21.8 Å². The molecule has 2 rings (SSSR count). The highest BCUT2D eigenvalue weighted by Crippen LogP contribution is 2.32. The third-order valence-electron chi connectivity index (χ3n) is 2.18. The molecule has 0 amide bonds. The lowest BCUT2D eigenvalue weighted by Gasteiger charge is -1.92. The van der Waals surface area contributed by atoms with E-state index < -0.39 is 0 Å². The van der Waals surface area contributed by atoms with Crippen molar-refractivity contribution in [3.63, 3.8) is 0 Å². The van der Waals surface area contributed by atoms with Gasteiger partial charge >= 0.3 is 0 Å². The summed E-state index contributed by atoms with van der Waals surface area (Å²) in [5.41, 5.74) is 2.22. The van der Waals surface area contributed by atoms with Crippen molar-refractivity contribution in [2.75, 3.05) is 0 Å². The zero-order valence-electron chi connectivity index (χ0n) is 8.09. The second kappa shape index (κ2) is 3.47. The smallest absolute Gasteiger partial charge is 0.209 e. The van der Waals surface area contributed by atoms with E-state index >= 15 is 0 Å². The number of hydrogen-bond acceptors (Lipinski definition) is 4. The van der Waals surface area contributed by atoms with Crippen molar-refractivity contribution in [2.24, 2.45) is 0 Å². The summed E-state index contributed by atoms with van der Waals surface area (Å²) in [6.45, 7) is 5.95. The van der Waals surface area contributed by atoms with Crippen LogP contribution in [0.3, 0.4) is 0 Å². The summed E-state index contributed by atoms with van der Waals surface area (Å²) in [7, 11) is 0. The number of nitrogens with zero attached hydrogens (tertiary/aromatic N) is 2. The maximum atomic E-state index is 5.53. The Hall–Kier alpha value is -0.680. The molecule has 0 spiro atoms. The lowest BCUT2D eigenvalue weighted by molar-refractivity contribution is 0.503. The average Bonchev–Trinajstić information content (AvgIpc) is 2.60. The summed E-state index contributed by atoms with van der Waals surface area (Å²) in [5.74, 6) is 1.85. The Kier molecular flexibility index (Phi) is 2.45. The third-order valence-corrected chi connectivity index (χ3v) is 3.50. The van der Waals surface area contributed by atoms with E-state index in [4.69, 9.17) is 4.42 Å². The Morgan fingerprint density at radius 3 is 2.36 bits per heavy atom. The molecular formula is C9H9BrN2OS. The molecule has 0 saturated carbocycles. The molecule has 2 heterocycles. The molecule has 0 fully saturated rings. The molecule has 3 nitrogen and oxygen atoms in total. The molecule has 0 atom stereocenters. The molecule has 5 heteroatoms. The highest BCUT2D eigenvalue weighted by molar-refractivity contribution is 9.10. The number of rotatable bonds is 1. The maximum absolute atomic E-state index is 5.53. The maximum Gasteiger partial charge on any atom is 0.209 e. The van der Waals surface area contributed by atoms with Gasteiger partial charge in [-0.15, -0.1) is 0 Å². The predicted molar refractivity (Wildman–Crippen MR) is 59.5 cm³/mol. The summed E-state index contributed by atoms with van der Waals surface area (Å²) in [5, 5.41) is 0.906. The van der Waals surface area contributed by atoms with Gasteiger partial charge in [-0.1, -0.05) is 0 Å². The van der Waals surface area contributed by atoms with E-state index in [0.29, 0.717) is 4.73 Å². The first-order valence-electron chi connectivity index (χ1n) is 4.15. The van der Waals surface area contributed by atoms with Crippen LogP contribution in [0.1, 0.15) is 17.1 Å². The molecule has 0 aliphatic rings. The number of furan rings is 1. The van der Waals surface area contributed by atoms with Crippen molar-refractivity contribution in [3.8, 4) is 10.6 Å². The van der Waals surface area contributed by atoms with Gasteiger partial charge in [-0.25, -0.2) is 4.98 Å². The van der Waals surface area contributed by atoms with Gasteiger partial charge in [-0.05, 0) is 48.2 Å². The molecule has 0 aliphatic heterocycles. The van der Waals surface area contributed by atoms with Crippen LogP contribution in [0.4, 0.5) is 0 Å². The molecule has 0 bridgehead atoms. The summed E-state index contributed by atoms with van der Waals surface area (Å²) >= 11 is 4.62. The fraction of sp³-hybridized carbons (Fsp3) is 0.333. The number of halogens is 1. The van der Waals surface area contributed by atoms with Gasteiger partial charge in [0.25, 0.3) is 0 Å². The number of aryl methyl sites for hydroxylation is 2. The second-order valence-corrected chi connectivity index (χ2v) is 4.54. The molecule has 74 valence electrons. The van der Waals surface area contributed by atoms with Gasteiger partial charge in [0.2, 0.25) is 4.73 Å². The molecular weight excluding hydrogens is 264 g/mol. The van der Waals surface area contributed by atoms with Crippen molar-refractivity contribution < 1.29 is 4.42 Å². The molecule has 0 aliphatic carbocycles. The van der Waals surface area contributed by atoms with E-state index in [-0.39, 0.29) is 0 Å². The van der Waals surface area contributed by atoms with Gasteiger partial charge in [0, 0.05) is 5.56 Å². The quantitative estimate of drug-likeness (QED) is 0.798. The lowest BCUT2D eigenvalue weighted by Crippen LogP contribution is -1.79. The van der Waals surface area contributed by atoms with Gasteiger partial charge in [-0.2, -0.15) is 4.37 Å². The topological polar surface area (TPSA) is 38.9 Å². The number of aromatic nitrogens is 2. The van der Waals surface area contributed by atoms with E-state index in [1.54, 1.807) is 0 Å². The van der Waals surface area contributed by atoms with Crippen molar-refractivity contribution in [2.45, 2.75) is 20.8 Å². The van der Waals surface area contributed by atoms with Gasteiger partial charge < -0.3 is 4.42 Å². The molecule has 0 aromatic carbocycles. The molecule has 0 N–H and O–H groups in total. The lowest BCUT2D eigenvalue weighted by atomic mass is 10.1. The zero-order valence-corrected chi connectivity index (χ0v) is 10.5. The van der Waals surface area contributed by atoms with Crippen LogP contribution in [0.15, 0.2) is 9.15 Å². The molecule has 14 heavy (non-hydrogen) atoms. The monoisotopic (exact) mass is 272 g/mol. The minimum atomic E-state index is 0.634. The Morgan fingerprint density at radius 2 is 1.93 bits per heavy atom. The summed E-state index contributed by atoms with van der Waals surface area (Å²) in [6.07, 6.45) is 0. The first kappa shape index (κ1) is 9.86. The first-order chi connectivity index (χ1) is 6.59. The van der Waals surface area contributed by atoms with Crippen molar-refractivity contribution >= 4 is 27.5 Å². The SMILES string of the molecule is Cc1oc(C)c(-c2nc(Br)ns2)c1C. The summed E-state index contributed by atoms with van der Waals surface area (Å²) < 4.78 is 10.3. The molecule has 0 saturated heterocycles. The van der Waals surface area contributed by atoms with Crippen LogP contribution in [0.25, 0.3) is 10.6 Å². The van der Waals surface area contributed by atoms with E-state index in [1.807, 2.05) is 20.8 Å². The van der Waals surface area contributed by atoms with Crippen molar-refractivity contribution in [1.29, 1.82) is 0 Å². The molecule has 0 radical (unpaired) electrons. The van der Waals surface area contributed by atoms with Gasteiger partial charge in [0.05, 0.1) is 5.56 Å². The molecule has 0 unspecified atom stereocenters. The zero-order chi connectivity index (χ0) is 10.3. The van der Waals surface area contributed by atoms with Gasteiger partial charge in [-0.3, -0.25) is 0 Å². The van der Waals surface area contributed by atoms with Crippen LogP contribution in [-0.2, 0) is 0 Å². The van der Waals surface area contributed by atoms with E-state index in [9.17, 15) is 0 Å². The highest BCUT2D eigenvalue weighted by atomic mass is 79.9. The van der Waals surface area contributed by atoms with Crippen LogP contribution in [0, 0.1) is 20.8 Å². The Labute approximate surface area is 94.5 Å². The second-order valence-electron chi connectivity index (χ2n) is 3.08. The van der Waals surface area contributed by atoms with Gasteiger partial charge in [0.1, 0.15) is 16.5 Å². The van der Waals surface area contributed by atoms with Crippen LogP contribution in [0.5, 0.6) is 0 Å². The van der Waals surface area contributed by atoms with Crippen LogP contribution in [0.2, 0.25) is 0 Å². The fourth-order valence-electron chi connectivity index (χ4n) is 1.42. The minimum Gasteiger partial charge on any atom is -0.466 e. The average molecular weight is 273 g/mol.